The smallest absolute Gasteiger partial charge is 0.303 e. The maximum Gasteiger partial charge on any atom is 0.303 e. The molecule has 2 fully saturated rings. The molecule has 4 atom stereocenters. The zero-order chi connectivity index (χ0) is 12.8. The van der Waals surface area contributed by atoms with Gasteiger partial charge in [-0.05, 0) is 20.8 Å². The lowest BCUT2D eigenvalue weighted by Crippen LogP contribution is -2.40. The van der Waals surface area contributed by atoms with Crippen molar-refractivity contribution in [3.05, 3.63) is 0 Å². The Morgan fingerprint density at radius 3 is 2.35 bits per heavy atom. The quantitative estimate of drug-likeness (QED) is 0.654. The Bertz CT molecular complexity index is 350. The average Bonchev–Trinajstić information content (AvgIpc) is 2.59. The van der Waals surface area contributed by atoms with Gasteiger partial charge in [-0.1, -0.05) is 0 Å². The van der Waals surface area contributed by atoms with Crippen molar-refractivity contribution in [1.29, 1.82) is 0 Å². The molecule has 0 bridgehead atoms. The van der Waals surface area contributed by atoms with Crippen LogP contribution in [-0.2, 0) is 28.5 Å². The predicted molar refractivity (Wildman–Crippen MR) is 54.9 cm³/mol. The number of fused-ring (bicyclic) bond motifs is 1. The summed E-state index contributed by atoms with van der Waals surface area (Å²) in [5.41, 5.74) is 0. The van der Waals surface area contributed by atoms with E-state index in [1.165, 1.54) is 13.8 Å². The van der Waals surface area contributed by atoms with Crippen LogP contribution in [0.3, 0.4) is 0 Å². The molecule has 2 heterocycles. The SMILES string of the molecule is CC(=O)O[C@@H]1[C@H]2OC(C)(C)O[C@H]2O[C@@H]1C(C)=O. The van der Waals surface area contributed by atoms with Crippen LogP contribution in [0.1, 0.15) is 27.7 Å². The van der Waals surface area contributed by atoms with E-state index in [4.69, 9.17) is 18.9 Å². The second-order valence-corrected chi connectivity index (χ2v) is 4.71. The van der Waals surface area contributed by atoms with Crippen LogP contribution in [-0.4, -0.2) is 42.1 Å². The summed E-state index contributed by atoms with van der Waals surface area (Å²) in [6.45, 7) is 6.14. The number of hydrogen-bond donors (Lipinski definition) is 0. The Kier molecular flexibility index (Phi) is 2.97. The van der Waals surface area contributed by atoms with Crippen molar-refractivity contribution in [1.82, 2.24) is 0 Å². The van der Waals surface area contributed by atoms with Gasteiger partial charge in [0.1, 0.15) is 0 Å². The summed E-state index contributed by atoms with van der Waals surface area (Å²) < 4.78 is 21.6. The summed E-state index contributed by atoms with van der Waals surface area (Å²) >= 11 is 0. The summed E-state index contributed by atoms with van der Waals surface area (Å²) in [5, 5.41) is 0. The van der Waals surface area contributed by atoms with Crippen molar-refractivity contribution in [3.8, 4) is 0 Å². The van der Waals surface area contributed by atoms with Crippen molar-refractivity contribution in [3.63, 3.8) is 0 Å². The minimum atomic E-state index is -0.815. The molecule has 2 aliphatic rings. The molecule has 0 unspecified atom stereocenters. The van der Waals surface area contributed by atoms with E-state index in [2.05, 4.69) is 0 Å². The molecule has 96 valence electrons. The lowest BCUT2D eigenvalue weighted by molar-refractivity contribution is -0.217. The molecule has 0 N–H and O–H groups in total. The third-order valence-corrected chi connectivity index (χ3v) is 2.69. The topological polar surface area (TPSA) is 71.1 Å². The number of hydrogen-bond acceptors (Lipinski definition) is 6. The van der Waals surface area contributed by atoms with Gasteiger partial charge in [0.05, 0.1) is 0 Å². The zero-order valence-electron chi connectivity index (χ0n) is 10.3. The third-order valence-electron chi connectivity index (χ3n) is 2.69. The monoisotopic (exact) mass is 244 g/mol. The zero-order valence-corrected chi connectivity index (χ0v) is 10.3. The van der Waals surface area contributed by atoms with Crippen LogP contribution in [0.25, 0.3) is 0 Å². The maximum absolute atomic E-state index is 11.4. The number of esters is 1. The molecule has 0 spiro atoms. The van der Waals surface area contributed by atoms with E-state index in [9.17, 15) is 9.59 Å². The molecule has 0 aromatic heterocycles. The van der Waals surface area contributed by atoms with Gasteiger partial charge in [0.2, 0.25) is 0 Å². The highest BCUT2D eigenvalue weighted by Gasteiger charge is 2.57. The molecular weight excluding hydrogens is 228 g/mol. The standard InChI is InChI=1S/C11H16O6/c1-5(12)7-8(14-6(2)13)9-10(15-7)17-11(3,4)16-9/h7-10H,1-4H3/t7-,8+,9-,10-/m1/s1. The summed E-state index contributed by atoms with van der Waals surface area (Å²) in [7, 11) is 0. The number of carbonyl (C=O) groups excluding carboxylic acids is 2. The summed E-state index contributed by atoms with van der Waals surface area (Å²) in [6, 6.07) is 0. The van der Waals surface area contributed by atoms with E-state index in [0.717, 1.165) is 0 Å². The molecule has 0 radical (unpaired) electrons. The van der Waals surface area contributed by atoms with Gasteiger partial charge in [-0.25, -0.2) is 0 Å². The van der Waals surface area contributed by atoms with Crippen LogP contribution in [0.2, 0.25) is 0 Å². The molecule has 2 rings (SSSR count). The fourth-order valence-corrected chi connectivity index (χ4v) is 2.13. The highest BCUT2D eigenvalue weighted by Crippen LogP contribution is 2.38. The van der Waals surface area contributed by atoms with Crippen LogP contribution in [0.4, 0.5) is 0 Å². The Hall–Kier alpha value is -0.980. The van der Waals surface area contributed by atoms with Crippen LogP contribution in [0.5, 0.6) is 0 Å². The lowest BCUT2D eigenvalue weighted by atomic mass is 10.1. The molecule has 17 heavy (non-hydrogen) atoms. The minimum absolute atomic E-state index is 0.212. The largest absolute Gasteiger partial charge is 0.456 e. The number of carbonyl (C=O) groups is 2. The number of rotatable bonds is 2. The molecule has 0 aliphatic carbocycles. The third kappa shape index (κ3) is 2.34. The Morgan fingerprint density at radius 1 is 1.18 bits per heavy atom. The number of Topliss-reactive ketones (excluding diaryl/α,β-unsaturated/α-hetero) is 1. The van der Waals surface area contributed by atoms with Crippen molar-refractivity contribution in [2.24, 2.45) is 0 Å². The first-order valence-corrected chi connectivity index (χ1v) is 5.49. The highest BCUT2D eigenvalue weighted by molar-refractivity contribution is 5.82. The molecule has 0 aromatic carbocycles. The fraction of sp³-hybridized carbons (Fsp3) is 0.818. The summed E-state index contributed by atoms with van der Waals surface area (Å²) in [6.07, 6.45) is -2.77. The maximum atomic E-state index is 11.4. The van der Waals surface area contributed by atoms with Crippen molar-refractivity contribution in [2.45, 2.75) is 58.1 Å². The average molecular weight is 244 g/mol. The second kappa shape index (κ2) is 4.04. The normalized spacial score (nSPS) is 38.8. The molecule has 6 heteroatoms. The van der Waals surface area contributed by atoms with Crippen LogP contribution >= 0.6 is 0 Å². The van der Waals surface area contributed by atoms with Crippen LogP contribution < -0.4 is 0 Å². The van der Waals surface area contributed by atoms with Gasteiger partial charge in [0, 0.05) is 6.92 Å². The van der Waals surface area contributed by atoms with Gasteiger partial charge in [0.25, 0.3) is 0 Å². The van der Waals surface area contributed by atoms with E-state index >= 15 is 0 Å². The van der Waals surface area contributed by atoms with E-state index in [1.54, 1.807) is 13.8 Å². The first-order valence-electron chi connectivity index (χ1n) is 5.49. The molecule has 6 nitrogen and oxygen atoms in total. The van der Waals surface area contributed by atoms with Gasteiger partial charge < -0.3 is 18.9 Å². The van der Waals surface area contributed by atoms with Crippen molar-refractivity contribution >= 4 is 11.8 Å². The van der Waals surface area contributed by atoms with Gasteiger partial charge in [-0.2, -0.15) is 0 Å². The van der Waals surface area contributed by atoms with Gasteiger partial charge >= 0.3 is 5.97 Å². The molecule has 0 amide bonds. The van der Waals surface area contributed by atoms with E-state index in [-0.39, 0.29) is 5.78 Å². The Morgan fingerprint density at radius 2 is 1.82 bits per heavy atom. The number of ether oxygens (including phenoxy) is 4. The van der Waals surface area contributed by atoms with Gasteiger partial charge in [-0.15, -0.1) is 0 Å². The minimum Gasteiger partial charge on any atom is -0.456 e. The second-order valence-electron chi connectivity index (χ2n) is 4.71. The molecule has 2 saturated heterocycles. The van der Waals surface area contributed by atoms with Crippen LogP contribution in [0, 0.1) is 0 Å². The molecule has 0 saturated carbocycles. The van der Waals surface area contributed by atoms with Crippen LogP contribution in [0.15, 0.2) is 0 Å². The fourth-order valence-electron chi connectivity index (χ4n) is 2.13. The van der Waals surface area contributed by atoms with Gasteiger partial charge in [0.15, 0.2) is 36.2 Å². The first kappa shape index (κ1) is 12.5. The summed E-state index contributed by atoms with van der Waals surface area (Å²) in [5.74, 6) is -1.48. The van der Waals surface area contributed by atoms with Crippen molar-refractivity contribution in [2.75, 3.05) is 0 Å². The van der Waals surface area contributed by atoms with E-state index in [0.29, 0.717) is 0 Å². The lowest BCUT2D eigenvalue weighted by Gasteiger charge is -2.24. The van der Waals surface area contributed by atoms with Gasteiger partial charge in [-0.3, -0.25) is 9.59 Å². The van der Waals surface area contributed by atoms with E-state index < -0.39 is 36.4 Å². The molecular formula is C11H16O6. The van der Waals surface area contributed by atoms with E-state index in [1.807, 2.05) is 0 Å². The number of ketones is 1. The Labute approximate surface area is 99.2 Å². The Balaban J connectivity index is 2.17. The summed E-state index contributed by atoms with van der Waals surface area (Å²) in [4.78, 5) is 22.4. The molecule has 2 aliphatic heterocycles. The highest BCUT2D eigenvalue weighted by atomic mass is 16.8. The van der Waals surface area contributed by atoms with Crippen molar-refractivity contribution < 1.29 is 28.5 Å². The molecule has 0 aromatic rings. The first-order chi connectivity index (χ1) is 7.80. The predicted octanol–water partition coefficient (Wildman–Crippen LogP) is 0.383.